The summed E-state index contributed by atoms with van der Waals surface area (Å²) < 4.78 is 0. The Morgan fingerprint density at radius 1 is 1.04 bits per heavy atom. The van der Waals surface area contributed by atoms with Crippen LogP contribution in [0.3, 0.4) is 0 Å². The summed E-state index contributed by atoms with van der Waals surface area (Å²) in [5, 5.41) is 10.1. The molecule has 23 heavy (non-hydrogen) atoms. The topological polar surface area (TPSA) is 23.5 Å². The van der Waals surface area contributed by atoms with Gasteiger partial charge in [0.25, 0.3) is 0 Å². The predicted octanol–water partition coefficient (Wildman–Crippen LogP) is 4.86. The van der Waals surface area contributed by atoms with E-state index in [2.05, 4.69) is 11.0 Å². The zero-order chi connectivity index (χ0) is 15.6. The van der Waals surface area contributed by atoms with Crippen LogP contribution in [0.2, 0.25) is 0 Å². The number of aromatic hydroxyl groups is 1. The lowest BCUT2D eigenvalue weighted by molar-refractivity contribution is 0.212. The molecular weight excluding hydrogens is 282 g/mol. The van der Waals surface area contributed by atoms with Crippen molar-refractivity contribution in [3.05, 3.63) is 29.3 Å². The molecule has 0 radical (unpaired) electrons. The van der Waals surface area contributed by atoms with E-state index in [9.17, 15) is 5.11 Å². The van der Waals surface area contributed by atoms with E-state index in [1.165, 1.54) is 82.0 Å². The Morgan fingerprint density at radius 3 is 2.78 bits per heavy atom. The number of rotatable bonds is 4. The van der Waals surface area contributed by atoms with Crippen LogP contribution in [-0.2, 0) is 6.42 Å². The van der Waals surface area contributed by atoms with E-state index in [1.54, 1.807) is 0 Å². The lowest BCUT2D eigenvalue weighted by atomic mass is 9.79. The highest BCUT2D eigenvalue weighted by Crippen LogP contribution is 2.44. The van der Waals surface area contributed by atoms with Gasteiger partial charge in [-0.25, -0.2) is 0 Å². The van der Waals surface area contributed by atoms with E-state index in [0.29, 0.717) is 11.7 Å². The van der Waals surface area contributed by atoms with Crippen LogP contribution in [0.15, 0.2) is 18.2 Å². The maximum absolute atomic E-state index is 10.1. The third kappa shape index (κ3) is 3.15. The molecule has 1 saturated heterocycles. The van der Waals surface area contributed by atoms with E-state index >= 15 is 0 Å². The Balaban J connectivity index is 1.34. The molecule has 4 rings (SSSR count). The van der Waals surface area contributed by atoms with E-state index in [1.807, 2.05) is 12.1 Å². The minimum atomic E-state index is 0.525. The van der Waals surface area contributed by atoms with Crippen LogP contribution in [0.4, 0.5) is 0 Å². The second-order valence-corrected chi connectivity index (χ2v) is 8.03. The van der Waals surface area contributed by atoms with Gasteiger partial charge in [0.2, 0.25) is 0 Å². The third-order valence-electron chi connectivity index (χ3n) is 6.72. The maximum atomic E-state index is 10.1. The average Bonchev–Trinajstić information content (AvgIpc) is 3.00. The van der Waals surface area contributed by atoms with Crippen LogP contribution < -0.4 is 0 Å². The summed E-state index contributed by atoms with van der Waals surface area (Å²) in [7, 11) is 0. The van der Waals surface area contributed by atoms with Crippen LogP contribution >= 0.6 is 0 Å². The van der Waals surface area contributed by atoms with Crippen molar-refractivity contribution in [1.82, 2.24) is 4.90 Å². The van der Waals surface area contributed by atoms with Crippen molar-refractivity contribution < 1.29 is 5.11 Å². The van der Waals surface area contributed by atoms with Gasteiger partial charge in [-0.1, -0.05) is 44.2 Å². The van der Waals surface area contributed by atoms with Gasteiger partial charge in [0.1, 0.15) is 5.75 Å². The smallest absolute Gasteiger partial charge is 0.119 e. The Kier molecular flexibility index (Phi) is 4.61. The minimum absolute atomic E-state index is 0.525. The molecule has 1 heterocycles. The molecule has 0 bridgehead atoms. The van der Waals surface area contributed by atoms with Crippen molar-refractivity contribution in [2.24, 2.45) is 5.92 Å². The molecule has 2 atom stereocenters. The SMILES string of the molecule is Oc1cccc2c1CC[C@@H]1[C@H]2CCN1CCCC1CCCCC1. The van der Waals surface area contributed by atoms with Gasteiger partial charge in [-0.15, -0.1) is 0 Å². The van der Waals surface area contributed by atoms with Gasteiger partial charge in [0.15, 0.2) is 0 Å². The first-order valence-corrected chi connectivity index (χ1v) is 9.88. The van der Waals surface area contributed by atoms with Gasteiger partial charge in [0, 0.05) is 12.0 Å². The molecule has 0 amide bonds. The van der Waals surface area contributed by atoms with Gasteiger partial charge in [-0.2, -0.15) is 0 Å². The van der Waals surface area contributed by atoms with Gasteiger partial charge in [0.05, 0.1) is 0 Å². The van der Waals surface area contributed by atoms with Gasteiger partial charge >= 0.3 is 0 Å². The Hall–Kier alpha value is -1.02. The van der Waals surface area contributed by atoms with Gasteiger partial charge in [-0.3, -0.25) is 4.90 Å². The highest BCUT2D eigenvalue weighted by Gasteiger charge is 2.38. The largest absolute Gasteiger partial charge is 0.508 e. The normalized spacial score (nSPS) is 28.5. The van der Waals surface area contributed by atoms with Crippen LogP contribution in [0, 0.1) is 5.92 Å². The second kappa shape index (κ2) is 6.84. The number of phenols is 1. The van der Waals surface area contributed by atoms with E-state index in [4.69, 9.17) is 0 Å². The molecule has 2 aliphatic carbocycles. The Bertz CT molecular complexity index is 535. The molecule has 1 aromatic carbocycles. The van der Waals surface area contributed by atoms with Crippen molar-refractivity contribution in [2.75, 3.05) is 13.1 Å². The Morgan fingerprint density at radius 2 is 1.91 bits per heavy atom. The highest BCUT2D eigenvalue weighted by atomic mass is 16.3. The molecule has 2 heteroatoms. The van der Waals surface area contributed by atoms with Crippen molar-refractivity contribution >= 4 is 0 Å². The molecule has 0 aromatic heterocycles. The average molecular weight is 313 g/mol. The number of phenolic OH excluding ortho intramolecular Hbond substituents is 1. The number of hydrogen-bond donors (Lipinski definition) is 1. The first-order valence-electron chi connectivity index (χ1n) is 9.88. The fourth-order valence-electron chi connectivity index (χ4n) is 5.50. The molecule has 1 saturated carbocycles. The molecule has 0 unspecified atom stereocenters. The quantitative estimate of drug-likeness (QED) is 0.858. The standard InChI is InChI=1S/C21H31NO/c23-21-10-4-9-17-18-13-15-22(20(18)12-11-19(17)21)14-5-8-16-6-2-1-3-7-16/h4,9-10,16,18,20,23H,1-3,5-8,11-15H2/t18-,20+/m0/s1. The molecular formula is C21H31NO. The minimum Gasteiger partial charge on any atom is -0.508 e. The van der Waals surface area contributed by atoms with Crippen molar-refractivity contribution in [3.63, 3.8) is 0 Å². The first-order chi connectivity index (χ1) is 11.3. The number of fused-ring (bicyclic) bond motifs is 3. The fraction of sp³-hybridized carbons (Fsp3) is 0.714. The van der Waals surface area contributed by atoms with Crippen LogP contribution in [0.1, 0.15) is 74.8 Å². The monoisotopic (exact) mass is 313 g/mol. The molecule has 1 aromatic rings. The molecule has 1 aliphatic heterocycles. The number of nitrogens with zero attached hydrogens (tertiary/aromatic N) is 1. The predicted molar refractivity (Wildman–Crippen MR) is 95.0 cm³/mol. The lowest BCUT2D eigenvalue weighted by Crippen LogP contribution is -2.35. The summed E-state index contributed by atoms with van der Waals surface area (Å²) >= 11 is 0. The van der Waals surface area contributed by atoms with Crippen LogP contribution in [0.25, 0.3) is 0 Å². The summed E-state index contributed by atoms with van der Waals surface area (Å²) in [4.78, 5) is 2.76. The molecule has 2 nitrogen and oxygen atoms in total. The number of benzene rings is 1. The number of hydrogen-bond acceptors (Lipinski definition) is 2. The van der Waals surface area contributed by atoms with Crippen molar-refractivity contribution in [3.8, 4) is 5.75 Å². The lowest BCUT2D eigenvalue weighted by Gasteiger charge is -2.34. The fourth-order valence-corrected chi connectivity index (χ4v) is 5.50. The van der Waals surface area contributed by atoms with E-state index in [0.717, 1.165) is 18.4 Å². The summed E-state index contributed by atoms with van der Waals surface area (Å²) in [6.45, 7) is 2.56. The van der Waals surface area contributed by atoms with Crippen molar-refractivity contribution in [1.29, 1.82) is 0 Å². The molecule has 1 N–H and O–H groups in total. The van der Waals surface area contributed by atoms with Gasteiger partial charge < -0.3 is 5.11 Å². The van der Waals surface area contributed by atoms with E-state index < -0.39 is 0 Å². The Labute approximate surface area is 140 Å². The molecule has 3 aliphatic rings. The van der Waals surface area contributed by atoms with Gasteiger partial charge in [-0.05, 0) is 68.3 Å². The third-order valence-corrected chi connectivity index (χ3v) is 6.72. The molecule has 126 valence electrons. The highest BCUT2D eigenvalue weighted by molar-refractivity contribution is 5.44. The van der Waals surface area contributed by atoms with Crippen molar-refractivity contribution in [2.45, 2.75) is 76.2 Å². The summed E-state index contributed by atoms with van der Waals surface area (Å²) in [6.07, 6.45) is 13.8. The summed E-state index contributed by atoms with van der Waals surface area (Å²) in [5.74, 6) is 2.21. The van der Waals surface area contributed by atoms with E-state index in [-0.39, 0.29) is 0 Å². The second-order valence-electron chi connectivity index (χ2n) is 8.03. The number of likely N-dealkylation sites (tertiary alicyclic amines) is 1. The summed E-state index contributed by atoms with van der Waals surface area (Å²) in [5.41, 5.74) is 2.67. The van der Waals surface area contributed by atoms with Crippen LogP contribution in [-0.4, -0.2) is 29.1 Å². The molecule has 0 spiro atoms. The zero-order valence-corrected chi connectivity index (χ0v) is 14.3. The zero-order valence-electron chi connectivity index (χ0n) is 14.3. The van der Waals surface area contributed by atoms with Crippen LogP contribution in [0.5, 0.6) is 5.75 Å². The molecule has 2 fully saturated rings. The maximum Gasteiger partial charge on any atom is 0.119 e. The summed E-state index contributed by atoms with van der Waals surface area (Å²) in [6, 6.07) is 6.88. The first kappa shape index (κ1) is 15.5.